The first-order chi connectivity index (χ1) is 7.57. The molecular formula is C8H2Cl2F3NO2S. The molecule has 9 heteroatoms. The van der Waals surface area contributed by atoms with E-state index in [2.05, 4.69) is 0 Å². The lowest BCUT2D eigenvalue weighted by Gasteiger charge is -2.10. The van der Waals surface area contributed by atoms with Crippen molar-refractivity contribution in [2.24, 2.45) is 0 Å². The van der Waals surface area contributed by atoms with Crippen molar-refractivity contribution in [2.45, 2.75) is 11.1 Å². The lowest BCUT2D eigenvalue weighted by Crippen LogP contribution is -2.08. The molecule has 0 fully saturated rings. The zero-order chi connectivity index (χ0) is 13.4. The number of hydrogen-bond acceptors (Lipinski definition) is 3. The molecule has 0 saturated carbocycles. The van der Waals surface area contributed by atoms with E-state index in [0.717, 1.165) is 0 Å². The second-order valence-corrected chi connectivity index (χ2v) is 5.82. The topological polar surface area (TPSA) is 57.9 Å². The number of rotatable bonds is 1. The van der Waals surface area contributed by atoms with Crippen molar-refractivity contribution >= 4 is 31.3 Å². The quantitative estimate of drug-likeness (QED) is 0.749. The summed E-state index contributed by atoms with van der Waals surface area (Å²) in [6.45, 7) is 0. The number of nitriles is 1. The highest BCUT2D eigenvalue weighted by Gasteiger charge is 2.35. The summed E-state index contributed by atoms with van der Waals surface area (Å²) in [5.41, 5.74) is -2.00. The van der Waals surface area contributed by atoms with Gasteiger partial charge in [-0.2, -0.15) is 18.4 Å². The summed E-state index contributed by atoms with van der Waals surface area (Å²) < 4.78 is 59.3. The second kappa shape index (κ2) is 4.37. The van der Waals surface area contributed by atoms with Gasteiger partial charge >= 0.3 is 6.18 Å². The van der Waals surface area contributed by atoms with Crippen LogP contribution in [-0.4, -0.2) is 8.42 Å². The Morgan fingerprint density at radius 2 is 1.82 bits per heavy atom. The molecule has 0 aromatic heterocycles. The number of halogens is 5. The van der Waals surface area contributed by atoms with Crippen LogP contribution in [0.4, 0.5) is 13.2 Å². The summed E-state index contributed by atoms with van der Waals surface area (Å²) in [6.07, 6.45) is -4.78. The van der Waals surface area contributed by atoms with E-state index in [1.54, 1.807) is 0 Å². The van der Waals surface area contributed by atoms with Gasteiger partial charge in [-0.25, -0.2) is 8.42 Å². The van der Waals surface area contributed by atoms with E-state index >= 15 is 0 Å². The van der Waals surface area contributed by atoms with E-state index in [1.165, 1.54) is 6.07 Å². The Bertz CT molecular complexity index is 604. The second-order valence-electron chi connectivity index (χ2n) is 2.88. The zero-order valence-corrected chi connectivity index (χ0v) is 10.0. The molecule has 1 aromatic carbocycles. The summed E-state index contributed by atoms with van der Waals surface area (Å²) in [6, 6.07) is 2.17. The van der Waals surface area contributed by atoms with Crippen molar-refractivity contribution in [3.63, 3.8) is 0 Å². The molecule has 0 heterocycles. The number of alkyl halides is 3. The molecule has 0 aliphatic heterocycles. The van der Waals surface area contributed by atoms with E-state index in [9.17, 15) is 21.6 Å². The van der Waals surface area contributed by atoms with Crippen molar-refractivity contribution in [2.75, 3.05) is 0 Å². The first kappa shape index (κ1) is 14.1. The first-order valence-electron chi connectivity index (χ1n) is 3.83. The smallest absolute Gasteiger partial charge is 0.207 e. The van der Waals surface area contributed by atoms with Crippen molar-refractivity contribution in [3.8, 4) is 6.07 Å². The van der Waals surface area contributed by atoms with Gasteiger partial charge in [0.1, 0.15) is 11.0 Å². The van der Waals surface area contributed by atoms with Gasteiger partial charge in [0.15, 0.2) is 0 Å². The van der Waals surface area contributed by atoms with Crippen LogP contribution in [0.25, 0.3) is 0 Å². The predicted octanol–water partition coefficient (Wildman–Crippen LogP) is 3.16. The molecular weight excluding hydrogens is 302 g/mol. The molecule has 0 spiro atoms. The average molecular weight is 304 g/mol. The number of benzene rings is 1. The molecule has 0 aliphatic rings. The zero-order valence-electron chi connectivity index (χ0n) is 7.72. The predicted molar refractivity (Wildman–Crippen MR) is 54.2 cm³/mol. The first-order valence-corrected chi connectivity index (χ1v) is 6.51. The van der Waals surface area contributed by atoms with Crippen LogP contribution in [0.3, 0.4) is 0 Å². The summed E-state index contributed by atoms with van der Waals surface area (Å²) in [5, 5.41) is 7.74. The largest absolute Gasteiger partial charge is 0.417 e. The molecule has 1 rings (SSSR count). The van der Waals surface area contributed by atoms with E-state index in [4.69, 9.17) is 27.5 Å². The Morgan fingerprint density at radius 3 is 2.18 bits per heavy atom. The lowest BCUT2D eigenvalue weighted by molar-refractivity contribution is -0.137. The fourth-order valence-electron chi connectivity index (χ4n) is 1.06. The van der Waals surface area contributed by atoms with Gasteiger partial charge in [0.2, 0.25) is 0 Å². The molecule has 0 amide bonds. The fraction of sp³-hybridized carbons (Fsp3) is 0.125. The summed E-state index contributed by atoms with van der Waals surface area (Å²) in [4.78, 5) is -0.750. The molecule has 92 valence electrons. The average Bonchev–Trinajstić information content (AvgIpc) is 2.14. The van der Waals surface area contributed by atoms with E-state index in [0.29, 0.717) is 12.1 Å². The molecule has 0 bridgehead atoms. The van der Waals surface area contributed by atoms with Gasteiger partial charge in [-0.3, -0.25) is 0 Å². The van der Waals surface area contributed by atoms with E-state index < -0.39 is 36.3 Å². The van der Waals surface area contributed by atoms with Gasteiger partial charge in [0.05, 0.1) is 16.1 Å². The molecule has 17 heavy (non-hydrogen) atoms. The maximum absolute atomic E-state index is 12.4. The van der Waals surface area contributed by atoms with Crippen LogP contribution in [0, 0.1) is 11.3 Å². The van der Waals surface area contributed by atoms with Gasteiger partial charge in [0, 0.05) is 10.7 Å². The Hall–Kier alpha value is -0.970. The van der Waals surface area contributed by atoms with Crippen LogP contribution in [-0.2, 0) is 15.2 Å². The van der Waals surface area contributed by atoms with Crippen LogP contribution in [0.5, 0.6) is 0 Å². The minimum Gasteiger partial charge on any atom is -0.207 e. The minimum absolute atomic E-state index is 0.345. The van der Waals surface area contributed by atoms with E-state index in [-0.39, 0.29) is 0 Å². The van der Waals surface area contributed by atoms with Gasteiger partial charge < -0.3 is 0 Å². The molecule has 0 saturated heterocycles. The van der Waals surface area contributed by atoms with Crippen molar-refractivity contribution < 1.29 is 21.6 Å². The molecule has 0 N–H and O–H groups in total. The van der Waals surface area contributed by atoms with Gasteiger partial charge in [0.25, 0.3) is 9.05 Å². The van der Waals surface area contributed by atoms with Gasteiger partial charge in [-0.15, -0.1) is 0 Å². The van der Waals surface area contributed by atoms with Crippen molar-refractivity contribution in [3.05, 3.63) is 28.3 Å². The van der Waals surface area contributed by atoms with Crippen molar-refractivity contribution in [1.29, 1.82) is 5.26 Å². The standard InChI is InChI=1S/C8H2Cl2F3NO2S/c9-6-2-7(17(10,15)16)4(3-14)1-5(6)8(11,12)13/h1-2H. The highest BCUT2D eigenvalue weighted by molar-refractivity contribution is 8.13. The van der Waals surface area contributed by atoms with Crippen LogP contribution in [0.15, 0.2) is 17.0 Å². The Labute approximate surface area is 104 Å². The van der Waals surface area contributed by atoms with Crippen LogP contribution < -0.4 is 0 Å². The molecule has 0 unspecified atom stereocenters. The third kappa shape index (κ3) is 3.03. The highest BCUT2D eigenvalue weighted by Crippen LogP contribution is 2.37. The van der Waals surface area contributed by atoms with Gasteiger partial charge in [-0.05, 0) is 12.1 Å². The lowest BCUT2D eigenvalue weighted by atomic mass is 10.1. The van der Waals surface area contributed by atoms with Crippen LogP contribution >= 0.6 is 22.3 Å². The third-order valence-electron chi connectivity index (χ3n) is 1.76. The van der Waals surface area contributed by atoms with Crippen LogP contribution in [0.2, 0.25) is 5.02 Å². The maximum atomic E-state index is 12.4. The van der Waals surface area contributed by atoms with Crippen LogP contribution in [0.1, 0.15) is 11.1 Å². The number of nitrogens with zero attached hydrogens (tertiary/aromatic N) is 1. The Kier molecular flexibility index (Phi) is 3.62. The highest BCUT2D eigenvalue weighted by atomic mass is 35.7. The van der Waals surface area contributed by atoms with Gasteiger partial charge in [-0.1, -0.05) is 11.6 Å². The molecule has 3 nitrogen and oxygen atoms in total. The third-order valence-corrected chi connectivity index (χ3v) is 3.43. The molecule has 0 radical (unpaired) electrons. The SMILES string of the molecule is N#Cc1cc(C(F)(F)F)c(Cl)cc1S(=O)(=O)Cl. The summed E-state index contributed by atoms with van der Waals surface area (Å²) >= 11 is 5.30. The van der Waals surface area contributed by atoms with Crippen molar-refractivity contribution in [1.82, 2.24) is 0 Å². The van der Waals surface area contributed by atoms with E-state index in [1.807, 2.05) is 0 Å². The summed E-state index contributed by atoms with van der Waals surface area (Å²) in [5.74, 6) is 0. The fourth-order valence-corrected chi connectivity index (χ4v) is 2.41. The summed E-state index contributed by atoms with van der Waals surface area (Å²) in [7, 11) is 0.630. The Balaban J connectivity index is 3.65. The Morgan fingerprint density at radius 1 is 1.29 bits per heavy atom. The number of hydrogen-bond donors (Lipinski definition) is 0. The maximum Gasteiger partial charge on any atom is 0.417 e. The molecule has 0 aliphatic carbocycles. The minimum atomic E-state index is -4.78. The monoisotopic (exact) mass is 303 g/mol. The molecule has 0 atom stereocenters. The normalized spacial score (nSPS) is 12.2. The molecule has 1 aromatic rings.